The standard InChI is InChI=1S/C12H18N2O/c1-4-9(2)14(3)12(15)10-5-7-11(13)8-6-10/h5-9H,4,13H2,1-3H3. The zero-order chi connectivity index (χ0) is 11.4. The van der Waals surface area contributed by atoms with Gasteiger partial charge in [0, 0.05) is 24.3 Å². The van der Waals surface area contributed by atoms with Gasteiger partial charge in [0.25, 0.3) is 5.91 Å². The van der Waals surface area contributed by atoms with E-state index in [0.717, 1.165) is 6.42 Å². The van der Waals surface area contributed by atoms with Crippen molar-refractivity contribution in [2.45, 2.75) is 26.3 Å². The third kappa shape index (κ3) is 2.72. The van der Waals surface area contributed by atoms with Crippen molar-refractivity contribution in [3.63, 3.8) is 0 Å². The molecule has 1 atom stereocenters. The third-order valence-corrected chi connectivity index (χ3v) is 2.73. The molecule has 2 N–H and O–H groups in total. The van der Waals surface area contributed by atoms with Crippen LogP contribution in [0.2, 0.25) is 0 Å². The number of carbonyl (C=O) groups excluding carboxylic acids is 1. The first-order chi connectivity index (χ1) is 7.06. The number of hydrogen-bond donors (Lipinski definition) is 1. The number of carbonyl (C=O) groups is 1. The van der Waals surface area contributed by atoms with Crippen LogP contribution in [0.15, 0.2) is 24.3 Å². The number of nitrogens with zero attached hydrogens (tertiary/aromatic N) is 1. The van der Waals surface area contributed by atoms with E-state index in [4.69, 9.17) is 5.73 Å². The zero-order valence-corrected chi connectivity index (χ0v) is 9.53. The molecule has 0 aliphatic rings. The summed E-state index contributed by atoms with van der Waals surface area (Å²) in [4.78, 5) is 13.7. The summed E-state index contributed by atoms with van der Waals surface area (Å²) in [5.41, 5.74) is 6.93. The Balaban J connectivity index is 2.80. The minimum absolute atomic E-state index is 0.0457. The second-order valence-electron chi connectivity index (χ2n) is 3.80. The van der Waals surface area contributed by atoms with Crippen LogP contribution in [0, 0.1) is 0 Å². The van der Waals surface area contributed by atoms with E-state index in [9.17, 15) is 4.79 Å². The van der Waals surface area contributed by atoms with E-state index in [1.165, 1.54) is 0 Å². The average molecular weight is 206 g/mol. The van der Waals surface area contributed by atoms with Crippen LogP contribution in [0.1, 0.15) is 30.6 Å². The summed E-state index contributed by atoms with van der Waals surface area (Å²) in [6.45, 7) is 4.10. The van der Waals surface area contributed by atoms with E-state index in [1.807, 2.05) is 14.0 Å². The summed E-state index contributed by atoms with van der Waals surface area (Å²) in [7, 11) is 1.83. The number of rotatable bonds is 3. The highest BCUT2D eigenvalue weighted by atomic mass is 16.2. The van der Waals surface area contributed by atoms with Crippen molar-refractivity contribution >= 4 is 11.6 Å². The van der Waals surface area contributed by atoms with Crippen LogP contribution in [0.25, 0.3) is 0 Å². The van der Waals surface area contributed by atoms with E-state index in [0.29, 0.717) is 11.3 Å². The zero-order valence-electron chi connectivity index (χ0n) is 9.53. The van der Waals surface area contributed by atoms with Gasteiger partial charge in [-0.2, -0.15) is 0 Å². The molecule has 3 heteroatoms. The van der Waals surface area contributed by atoms with Gasteiger partial charge in [-0.3, -0.25) is 4.79 Å². The topological polar surface area (TPSA) is 46.3 Å². The maximum Gasteiger partial charge on any atom is 0.253 e. The molecule has 1 rings (SSSR count). The Morgan fingerprint density at radius 1 is 1.40 bits per heavy atom. The molecule has 82 valence electrons. The normalized spacial score (nSPS) is 12.2. The molecule has 0 aliphatic heterocycles. The molecule has 0 spiro atoms. The average Bonchev–Trinajstić information content (AvgIpc) is 2.27. The minimum atomic E-state index is 0.0457. The Kier molecular flexibility index (Phi) is 3.72. The van der Waals surface area contributed by atoms with Crippen LogP contribution in [-0.4, -0.2) is 23.9 Å². The van der Waals surface area contributed by atoms with Gasteiger partial charge in [0.1, 0.15) is 0 Å². The van der Waals surface area contributed by atoms with Gasteiger partial charge in [-0.1, -0.05) is 6.92 Å². The fourth-order valence-electron chi connectivity index (χ4n) is 1.30. The molecule has 0 saturated carbocycles. The number of nitrogen functional groups attached to an aromatic ring is 1. The summed E-state index contributed by atoms with van der Waals surface area (Å²) in [5.74, 6) is 0.0457. The SMILES string of the molecule is CCC(C)N(C)C(=O)c1ccc(N)cc1. The Bertz CT molecular complexity index is 332. The summed E-state index contributed by atoms with van der Waals surface area (Å²) < 4.78 is 0. The number of hydrogen-bond acceptors (Lipinski definition) is 2. The lowest BCUT2D eigenvalue weighted by Gasteiger charge is -2.23. The van der Waals surface area contributed by atoms with Crippen molar-refractivity contribution in [3.05, 3.63) is 29.8 Å². The quantitative estimate of drug-likeness (QED) is 0.770. The molecule has 1 amide bonds. The van der Waals surface area contributed by atoms with Crippen molar-refractivity contribution in [1.29, 1.82) is 0 Å². The fraction of sp³-hybridized carbons (Fsp3) is 0.417. The molecular weight excluding hydrogens is 188 g/mol. The van der Waals surface area contributed by atoms with Gasteiger partial charge in [0.05, 0.1) is 0 Å². The van der Waals surface area contributed by atoms with E-state index in [2.05, 4.69) is 6.92 Å². The highest BCUT2D eigenvalue weighted by Gasteiger charge is 2.15. The summed E-state index contributed by atoms with van der Waals surface area (Å²) >= 11 is 0. The van der Waals surface area contributed by atoms with E-state index < -0.39 is 0 Å². The second-order valence-corrected chi connectivity index (χ2v) is 3.80. The van der Waals surface area contributed by atoms with Gasteiger partial charge in [-0.15, -0.1) is 0 Å². The highest BCUT2D eigenvalue weighted by Crippen LogP contribution is 2.10. The van der Waals surface area contributed by atoms with Crippen LogP contribution in [-0.2, 0) is 0 Å². The van der Waals surface area contributed by atoms with Crippen molar-refractivity contribution in [2.75, 3.05) is 12.8 Å². The van der Waals surface area contributed by atoms with Gasteiger partial charge in [-0.05, 0) is 37.6 Å². The number of amides is 1. The van der Waals surface area contributed by atoms with E-state index in [-0.39, 0.29) is 11.9 Å². The first-order valence-corrected chi connectivity index (χ1v) is 5.19. The number of nitrogens with two attached hydrogens (primary N) is 1. The summed E-state index contributed by atoms with van der Waals surface area (Å²) in [6.07, 6.45) is 0.956. The molecule has 0 bridgehead atoms. The first kappa shape index (κ1) is 11.6. The lowest BCUT2D eigenvalue weighted by molar-refractivity contribution is 0.0740. The predicted molar refractivity (Wildman–Crippen MR) is 62.7 cm³/mol. The molecule has 1 unspecified atom stereocenters. The number of anilines is 1. The van der Waals surface area contributed by atoms with Crippen LogP contribution in [0.3, 0.4) is 0 Å². The molecule has 0 saturated heterocycles. The van der Waals surface area contributed by atoms with Crippen molar-refractivity contribution < 1.29 is 4.79 Å². The molecule has 1 aromatic rings. The lowest BCUT2D eigenvalue weighted by Crippen LogP contribution is -2.34. The van der Waals surface area contributed by atoms with Gasteiger partial charge >= 0.3 is 0 Å². The Morgan fingerprint density at radius 3 is 2.40 bits per heavy atom. The van der Waals surface area contributed by atoms with Gasteiger partial charge in [0.15, 0.2) is 0 Å². The molecular formula is C12H18N2O. The Labute approximate surface area is 90.9 Å². The summed E-state index contributed by atoms with van der Waals surface area (Å²) in [5, 5.41) is 0. The van der Waals surface area contributed by atoms with Crippen LogP contribution < -0.4 is 5.73 Å². The molecule has 0 aliphatic carbocycles. The number of benzene rings is 1. The van der Waals surface area contributed by atoms with Crippen molar-refractivity contribution in [1.82, 2.24) is 4.90 Å². The molecule has 1 aromatic carbocycles. The Morgan fingerprint density at radius 2 is 1.93 bits per heavy atom. The molecule has 0 fully saturated rings. The van der Waals surface area contributed by atoms with Gasteiger partial charge in [0.2, 0.25) is 0 Å². The minimum Gasteiger partial charge on any atom is -0.399 e. The largest absolute Gasteiger partial charge is 0.399 e. The first-order valence-electron chi connectivity index (χ1n) is 5.19. The maximum absolute atomic E-state index is 11.9. The molecule has 0 aromatic heterocycles. The van der Waals surface area contributed by atoms with Crippen molar-refractivity contribution in [3.8, 4) is 0 Å². The van der Waals surface area contributed by atoms with Crippen LogP contribution in [0.5, 0.6) is 0 Å². The predicted octanol–water partition coefficient (Wildman–Crippen LogP) is 2.14. The maximum atomic E-state index is 11.9. The smallest absolute Gasteiger partial charge is 0.253 e. The monoisotopic (exact) mass is 206 g/mol. The highest BCUT2D eigenvalue weighted by molar-refractivity contribution is 5.94. The molecule has 0 heterocycles. The second kappa shape index (κ2) is 4.82. The summed E-state index contributed by atoms with van der Waals surface area (Å²) in [6, 6.07) is 7.28. The lowest BCUT2D eigenvalue weighted by atomic mass is 10.1. The van der Waals surface area contributed by atoms with E-state index >= 15 is 0 Å². The third-order valence-electron chi connectivity index (χ3n) is 2.73. The molecule has 3 nitrogen and oxygen atoms in total. The molecule has 15 heavy (non-hydrogen) atoms. The fourth-order valence-corrected chi connectivity index (χ4v) is 1.30. The van der Waals surface area contributed by atoms with Crippen molar-refractivity contribution in [2.24, 2.45) is 0 Å². The Hall–Kier alpha value is -1.51. The van der Waals surface area contributed by atoms with Gasteiger partial charge in [-0.25, -0.2) is 0 Å². The molecule has 0 radical (unpaired) electrons. The van der Waals surface area contributed by atoms with Crippen LogP contribution in [0.4, 0.5) is 5.69 Å². The van der Waals surface area contributed by atoms with Crippen LogP contribution >= 0.6 is 0 Å². The van der Waals surface area contributed by atoms with E-state index in [1.54, 1.807) is 29.2 Å². The van der Waals surface area contributed by atoms with Gasteiger partial charge < -0.3 is 10.6 Å².